The number of carbonyl (C=O) groups is 1. The van der Waals surface area contributed by atoms with E-state index < -0.39 is 22.0 Å². The Morgan fingerprint density at radius 2 is 1.72 bits per heavy atom. The molecule has 0 heterocycles. The van der Waals surface area contributed by atoms with Crippen molar-refractivity contribution in [1.82, 2.24) is 4.72 Å². The van der Waals surface area contributed by atoms with Crippen LogP contribution in [0, 0.1) is 0 Å². The second kappa shape index (κ2) is 9.96. The van der Waals surface area contributed by atoms with Gasteiger partial charge in [-0.15, -0.1) is 0 Å². The van der Waals surface area contributed by atoms with Crippen molar-refractivity contribution in [2.45, 2.75) is 31.7 Å². The molecule has 2 rings (SSSR count). The number of carbonyl (C=O) groups excluding carboxylic acids is 1. The summed E-state index contributed by atoms with van der Waals surface area (Å²) in [5.41, 5.74) is 0.673. The third-order valence-electron chi connectivity index (χ3n) is 4.05. The minimum Gasteiger partial charge on any atom is -0.490 e. The van der Waals surface area contributed by atoms with Crippen molar-refractivity contribution >= 4 is 27.6 Å². The predicted octanol–water partition coefficient (Wildman–Crippen LogP) is 3.96. The summed E-state index contributed by atoms with van der Waals surface area (Å²) in [5, 5.41) is 0.108. The summed E-state index contributed by atoms with van der Waals surface area (Å²) in [5.74, 6) is 0.416. The molecular weight excluding hydrogens is 418 g/mol. The molecule has 0 radical (unpaired) electrons. The summed E-state index contributed by atoms with van der Waals surface area (Å²) >= 11 is 5.97. The van der Waals surface area contributed by atoms with Crippen LogP contribution in [0.2, 0.25) is 5.02 Å². The molecule has 158 valence electrons. The van der Waals surface area contributed by atoms with Crippen LogP contribution < -0.4 is 14.2 Å². The van der Waals surface area contributed by atoms with Crippen molar-refractivity contribution < 1.29 is 27.4 Å². The van der Waals surface area contributed by atoms with Crippen LogP contribution in [0.25, 0.3) is 0 Å². The fourth-order valence-electron chi connectivity index (χ4n) is 2.64. The van der Waals surface area contributed by atoms with Gasteiger partial charge in [0.1, 0.15) is 0 Å². The minimum atomic E-state index is -3.92. The van der Waals surface area contributed by atoms with E-state index >= 15 is 0 Å². The first-order valence-corrected chi connectivity index (χ1v) is 10.9. The normalized spacial score (nSPS) is 12.3. The maximum atomic E-state index is 12.8. The average Bonchev–Trinajstić information content (AvgIpc) is 2.68. The zero-order valence-electron chi connectivity index (χ0n) is 16.7. The van der Waals surface area contributed by atoms with E-state index in [-0.39, 0.29) is 15.5 Å². The number of esters is 1. The van der Waals surface area contributed by atoms with Crippen molar-refractivity contribution in [2.24, 2.45) is 0 Å². The van der Waals surface area contributed by atoms with Gasteiger partial charge in [-0.25, -0.2) is 17.9 Å². The predicted molar refractivity (Wildman–Crippen MR) is 110 cm³/mol. The van der Waals surface area contributed by atoms with Crippen molar-refractivity contribution in [3.05, 3.63) is 52.5 Å². The van der Waals surface area contributed by atoms with Gasteiger partial charge in [0.25, 0.3) is 0 Å². The number of rotatable bonds is 9. The van der Waals surface area contributed by atoms with Crippen LogP contribution >= 0.6 is 11.6 Å². The van der Waals surface area contributed by atoms with Crippen molar-refractivity contribution in [1.29, 1.82) is 0 Å². The first kappa shape index (κ1) is 23.0. The van der Waals surface area contributed by atoms with Crippen LogP contribution in [-0.2, 0) is 14.8 Å². The highest BCUT2D eigenvalue weighted by atomic mass is 35.5. The summed E-state index contributed by atoms with van der Waals surface area (Å²) < 4.78 is 44.0. The first-order chi connectivity index (χ1) is 13.7. The highest BCUT2D eigenvalue weighted by molar-refractivity contribution is 7.89. The lowest BCUT2D eigenvalue weighted by molar-refractivity contribution is 0.0600. The third-order valence-corrected chi connectivity index (χ3v) is 5.92. The molecule has 0 fully saturated rings. The molecule has 2 aromatic carbocycles. The molecule has 0 amide bonds. The maximum Gasteiger partial charge on any atom is 0.339 e. The maximum absolute atomic E-state index is 12.8. The Labute approximate surface area is 176 Å². The van der Waals surface area contributed by atoms with Crippen LogP contribution in [0.4, 0.5) is 0 Å². The standard InChI is InChI=1S/C20H24ClNO6S/c1-5-27-18-10-7-14(11-19(18)28-6-2)13(3)22-29(24,25)15-8-9-17(21)16(12-15)20(23)26-4/h7-13,22H,5-6H2,1-4H3/t13-/m1/s1. The van der Waals surface area contributed by atoms with Gasteiger partial charge in [0.15, 0.2) is 11.5 Å². The molecule has 0 spiro atoms. The Kier molecular flexibility index (Phi) is 7.89. The Morgan fingerprint density at radius 3 is 2.34 bits per heavy atom. The number of benzene rings is 2. The topological polar surface area (TPSA) is 90.9 Å². The van der Waals surface area contributed by atoms with Crippen LogP contribution in [0.3, 0.4) is 0 Å². The van der Waals surface area contributed by atoms with Crippen LogP contribution in [0.15, 0.2) is 41.3 Å². The van der Waals surface area contributed by atoms with Crippen molar-refractivity contribution in [3.8, 4) is 11.5 Å². The van der Waals surface area contributed by atoms with E-state index in [0.717, 1.165) is 0 Å². The fraction of sp³-hybridized carbons (Fsp3) is 0.350. The molecule has 0 saturated carbocycles. The molecule has 0 aromatic heterocycles. The SMILES string of the molecule is CCOc1ccc([C@@H](C)NS(=O)(=O)c2ccc(Cl)c(C(=O)OC)c2)cc1OCC. The molecule has 9 heteroatoms. The van der Waals surface area contributed by atoms with Crippen LogP contribution in [-0.4, -0.2) is 34.7 Å². The number of hydrogen-bond donors (Lipinski definition) is 1. The number of methoxy groups -OCH3 is 1. The van der Waals surface area contributed by atoms with Gasteiger partial charge in [-0.2, -0.15) is 0 Å². The van der Waals surface area contributed by atoms with Gasteiger partial charge in [-0.3, -0.25) is 0 Å². The average molecular weight is 442 g/mol. The summed E-state index contributed by atoms with van der Waals surface area (Å²) in [7, 11) is -2.73. The lowest BCUT2D eigenvalue weighted by atomic mass is 10.1. The first-order valence-electron chi connectivity index (χ1n) is 9.03. The van der Waals surface area contributed by atoms with Gasteiger partial charge in [0.2, 0.25) is 10.0 Å². The van der Waals surface area contributed by atoms with Gasteiger partial charge in [-0.05, 0) is 56.7 Å². The van der Waals surface area contributed by atoms with E-state index in [1.165, 1.54) is 25.3 Å². The lowest BCUT2D eigenvalue weighted by Gasteiger charge is -2.18. The highest BCUT2D eigenvalue weighted by Gasteiger charge is 2.22. The molecule has 1 N–H and O–H groups in total. The fourth-order valence-corrected chi connectivity index (χ4v) is 4.10. The van der Waals surface area contributed by atoms with Gasteiger partial charge in [0.05, 0.1) is 35.8 Å². The molecule has 1 atom stereocenters. The zero-order valence-corrected chi connectivity index (χ0v) is 18.3. The van der Waals surface area contributed by atoms with E-state index in [4.69, 9.17) is 21.1 Å². The van der Waals surface area contributed by atoms with Crippen LogP contribution in [0.1, 0.15) is 42.7 Å². The third kappa shape index (κ3) is 5.62. The number of sulfonamides is 1. The van der Waals surface area contributed by atoms with Crippen LogP contribution in [0.5, 0.6) is 11.5 Å². The Bertz CT molecular complexity index is 977. The molecule has 0 saturated heterocycles. The van der Waals surface area contributed by atoms with Crippen molar-refractivity contribution in [2.75, 3.05) is 20.3 Å². The molecule has 7 nitrogen and oxygen atoms in total. The second-order valence-corrected chi connectivity index (χ2v) is 8.17. The summed E-state index contributed by atoms with van der Waals surface area (Å²) in [6.45, 7) is 6.37. The quantitative estimate of drug-likeness (QED) is 0.592. The van der Waals surface area contributed by atoms with Gasteiger partial charge in [0, 0.05) is 6.04 Å². The lowest BCUT2D eigenvalue weighted by Crippen LogP contribution is -2.27. The molecule has 0 unspecified atom stereocenters. The van der Waals surface area contributed by atoms with Gasteiger partial charge < -0.3 is 14.2 Å². The number of hydrogen-bond acceptors (Lipinski definition) is 6. The highest BCUT2D eigenvalue weighted by Crippen LogP contribution is 2.31. The summed E-state index contributed by atoms with van der Waals surface area (Å²) in [6.07, 6.45) is 0. The van der Waals surface area contributed by atoms with E-state index in [2.05, 4.69) is 9.46 Å². The van der Waals surface area contributed by atoms with E-state index in [9.17, 15) is 13.2 Å². The summed E-state index contributed by atoms with van der Waals surface area (Å²) in [4.78, 5) is 11.7. The van der Waals surface area contributed by atoms with E-state index in [1.807, 2.05) is 13.8 Å². The van der Waals surface area contributed by atoms with Gasteiger partial charge >= 0.3 is 5.97 Å². The van der Waals surface area contributed by atoms with Crippen molar-refractivity contribution in [3.63, 3.8) is 0 Å². The Hall–Kier alpha value is -2.29. The van der Waals surface area contributed by atoms with E-state index in [1.54, 1.807) is 25.1 Å². The Morgan fingerprint density at radius 1 is 1.07 bits per heavy atom. The largest absolute Gasteiger partial charge is 0.490 e. The van der Waals surface area contributed by atoms with Gasteiger partial charge in [-0.1, -0.05) is 17.7 Å². The smallest absolute Gasteiger partial charge is 0.339 e. The number of halogens is 1. The number of ether oxygens (including phenoxy) is 3. The molecule has 2 aromatic rings. The molecule has 0 bridgehead atoms. The number of nitrogens with one attached hydrogen (secondary N) is 1. The van der Waals surface area contributed by atoms with E-state index in [0.29, 0.717) is 30.3 Å². The second-order valence-electron chi connectivity index (χ2n) is 6.05. The zero-order chi connectivity index (χ0) is 21.6. The Balaban J connectivity index is 2.31. The molecule has 0 aliphatic carbocycles. The monoisotopic (exact) mass is 441 g/mol. The molecule has 29 heavy (non-hydrogen) atoms. The minimum absolute atomic E-state index is 0.0237. The molecule has 0 aliphatic rings. The molecular formula is C20H24ClNO6S. The summed E-state index contributed by atoms with van der Waals surface area (Å²) in [6, 6.07) is 8.54. The molecule has 0 aliphatic heterocycles.